The van der Waals surface area contributed by atoms with Crippen molar-refractivity contribution in [1.82, 2.24) is 10.2 Å². The summed E-state index contributed by atoms with van der Waals surface area (Å²) in [6, 6.07) is 8.21. The monoisotopic (exact) mass is 273 g/mol. The van der Waals surface area contributed by atoms with Gasteiger partial charge in [-0.1, -0.05) is 18.9 Å². The van der Waals surface area contributed by atoms with Crippen LogP contribution >= 0.6 is 0 Å². The van der Waals surface area contributed by atoms with Crippen molar-refractivity contribution in [3.05, 3.63) is 29.8 Å². The minimum absolute atomic E-state index is 0.00410. The van der Waals surface area contributed by atoms with E-state index in [-0.39, 0.29) is 11.9 Å². The van der Waals surface area contributed by atoms with E-state index < -0.39 is 0 Å². The SMILES string of the molecule is Nc1cccc(C(=O)NC2CCN(C3CCCC3)C2)c1. The van der Waals surface area contributed by atoms with Gasteiger partial charge < -0.3 is 11.1 Å². The molecule has 1 unspecified atom stereocenters. The maximum atomic E-state index is 12.2. The molecule has 0 bridgehead atoms. The summed E-state index contributed by atoms with van der Waals surface area (Å²) in [7, 11) is 0. The zero-order chi connectivity index (χ0) is 13.9. The summed E-state index contributed by atoms with van der Waals surface area (Å²) in [6.07, 6.45) is 6.44. The van der Waals surface area contributed by atoms with Gasteiger partial charge in [0.15, 0.2) is 0 Å². The topological polar surface area (TPSA) is 58.4 Å². The first-order chi connectivity index (χ1) is 9.72. The second-order valence-electron chi connectivity index (χ2n) is 6.02. The van der Waals surface area contributed by atoms with E-state index in [1.54, 1.807) is 12.1 Å². The highest BCUT2D eigenvalue weighted by Crippen LogP contribution is 2.26. The average Bonchev–Trinajstić information content (AvgIpc) is 3.08. The van der Waals surface area contributed by atoms with Crippen molar-refractivity contribution >= 4 is 11.6 Å². The molecule has 1 aliphatic heterocycles. The molecule has 0 radical (unpaired) electrons. The van der Waals surface area contributed by atoms with Crippen LogP contribution in [0, 0.1) is 0 Å². The fourth-order valence-corrected chi connectivity index (χ4v) is 3.45. The van der Waals surface area contributed by atoms with Crippen molar-refractivity contribution in [1.29, 1.82) is 0 Å². The molecule has 20 heavy (non-hydrogen) atoms. The molecule has 1 atom stereocenters. The van der Waals surface area contributed by atoms with Crippen molar-refractivity contribution < 1.29 is 4.79 Å². The number of rotatable bonds is 3. The van der Waals surface area contributed by atoms with Gasteiger partial charge in [-0.05, 0) is 37.5 Å². The van der Waals surface area contributed by atoms with Gasteiger partial charge in [-0.3, -0.25) is 9.69 Å². The van der Waals surface area contributed by atoms with Gasteiger partial charge in [-0.25, -0.2) is 0 Å². The van der Waals surface area contributed by atoms with E-state index in [4.69, 9.17) is 5.73 Å². The molecule has 4 heteroatoms. The molecule has 3 N–H and O–H groups in total. The van der Waals surface area contributed by atoms with Crippen molar-refractivity contribution in [3.63, 3.8) is 0 Å². The van der Waals surface area contributed by atoms with Crippen molar-refractivity contribution in [2.45, 2.75) is 44.2 Å². The molecule has 1 heterocycles. The number of hydrogen-bond acceptors (Lipinski definition) is 3. The van der Waals surface area contributed by atoms with Gasteiger partial charge in [-0.15, -0.1) is 0 Å². The van der Waals surface area contributed by atoms with Crippen molar-refractivity contribution in [3.8, 4) is 0 Å². The Kier molecular flexibility index (Phi) is 3.92. The highest BCUT2D eigenvalue weighted by Gasteiger charge is 2.30. The summed E-state index contributed by atoms with van der Waals surface area (Å²) in [5.41, 5.74) is 7.01. The first kappa shape index (κ1) is 13.4. The number of likely N-dealkylation sites (tertiary alicyclic amines) is 1. The third-order valence-corrected chi connectivity index (χ3v) is 4.54. The van der Waals surface area contributed by atoms with Gasteiger partial charge in [0.25, 0.3) is 5.91 Å². The molecule has 3 rings (SSSR count). The zero-order valence-corrected chi connectivity index (χ0v) is 11.8. The smallest absolute Gasteiger partial charge is 0.251 e. The molecule has 0 spiro atoms. The summed E-state index contributed by atoms with van der Waals surface area (Å²) in [6.45, 7) is 2.12. The lowest BCUT2D eigenvalue weighted by Gasteiger charge is -2.23. The Morgan fingerprint density at radius 3 is 2.80 bits per heavy atom. The number of nitrogens with zero attached hydrogens (tertiary/aromatic N) is 1. The number of nitrogen functional groups attached to an aromatic ring is 1. The first-order valence-corrected chi connectivity index (χ1v) is 7.63. The largest absolute Gasteiger partial charge is 0.399 e. The van der Waals surface area contributed by atoms with Gasteiger partial charge in [0.1, 0.15) is 0 Å². The maximum Gasteiger partial charge on any atom is 0.251 e. The molecule has 1 saturated carbocycles. The van der Waals surface area contributed by atoms with E-state index in [1.165, 1.54) is 25.7 Å². The fraction of sp³-hybridized carbons (Fsp3) is 0.562. The highest BCUT2D eigenvalue weighted by molar-refractivity contribution is 5.95. The predicted octanol–water partition coefficient (Wildman–Crippen LogP) is 2.02. The summed E-state index contributed by atoms with van der Waals surface area (Å²) in [5, 5.41) is 3.14. The molecule has 2 fully saturated rings. The van der Waals surface area contributed by atoms with E-state index in [0.29, 0.717) is 11.3 Å². The van der Waals surface area contributed by atoms with E-state index in [9.17, 15) is 4.79 Å². The van der Waals surface area contributed by atoms with Gasteiger partial charge >= 0.3 is 0 Å². The van der Waals surface area contributed by atoms with E-state index >= 15 is 0 Å². The van der Waals surface area contributed by atoms with E-state index in [2.05, 4.69) is 10.2 Å². The van der Waals surface area contributed by atoms with Gasteiger partial charge in [0.05, 0.1) is 0 Å². The Balaban J connectivity index is 1.55. The fourth-order valence-electron chi connectivity index (χ4n) is 3.45. The molecule has 1 saturated heterocycles. The normalized spacial score (nSPS) is 24.1. The van der Waals surface area contributed by atoms with Crippen LogP contribution in [0.15, 0.2) is 24.3 Å². The third-order valence-electron chi connectivity index (χ3n) is 4.54. The summed E-state index contributed by atoms with van der Waals surface area (Å²) in [4.78, 5) is 14.7. The van der Waals surface area contributed by atoms with Crippen LogP contribution in [0.2, 0.25) is 0 Å². The van der Waals surface area contributed by atoms with Crippen LogP contribution in [-0.2, 0) is 0 Å². The Labute approximate surface area is 120 Å². The molecular weight excluding hydrogens is 250 g/mol. The zero-order valence-electron chi connectivity index (χ0n) is 11.8. The Morgan fingerprint density at radius 1 is 1.25 bits per heavy atom. The number of benzene rings is 1. The Hall–Kier alpha value is -1.55. The molecule has 4 nitrogen and oxygen atoms in total. The third kappa shape index (κ3) is 2.96. The van der Waals surface area contributed by atoms with E-state index in [0.717, 1.165) is 25.6 Å². The van der Waals surface area contributed by atoms with Crippen molar-refractivity contribution in [2.75, 3.05) is 18.8 Å². The lowest BCUT2D eigenvalue weighted by molar-refractivity contribution is 0.0936. The van der Waals surface area contributed by atoms with Crippen LogP contribution < -0.4 is 11.1 Å². The molecule has 1 aromatic rings. The highest BCUT2D eigenvalue weighted by atomic mass is 16.1. The van der Waals surface area contributed by atoms with Crippen molar-refractivity contribution in [2.24, 2.45) is 0 Å². The average molecular weight is 273 g/mol. The number of hydrogen-bond donors (Lipinski definition) is 2. The summed E-state index contributed by atoms with van der Waals surface area (Å²) in [5.74, 6) is -0.00410. The molecule has 0 aromatic heterocycles. The second kappa shape index (κ2) is 5.83. The number of anilines is 1. The first-order valence-electron chi connectivity index (χ1n) is 7.63. The lowest BCUT2D eigenvalue weighted by atomic mass is 10.1. The quantitative estimate of drug-likeness (QED) is 0.828. The lowest BCUT2D eigenvalue weighted by Crippen LogP contribution is -2.39. The summed E-state index contributed by atoms with van der Waals surface area (Å²) >= 11 is 0. The maximum absolute atomic E-state index is 12.2. The van der Waals surface area contributed by atoms with Gasteiger partial charge in [-0.2, -0.15) is 0 Å². The van der Waals surface area contributed by atoms with Gasteiger partial charge in [0, 0.05) is 36.4 Å². The Morgan fingerprint density at radius 2 is 2.05 bits per heavy atom. The predicted molar refractivity (Wildman–Crippen MR) is 80.6 cm³/mol. The van der Waals surface area contributed by atoms with Gasteiger partial charge in [0.2, 0.25) is 0 Å². The number of carbonyl (C=O) groups excluding carboxylic acids is 1. The number of carbonyl (C=O) groups is 1. The minimum atomic E-state index is -0.00410. The number of nitrogens with one attached hydrogen (secondary N) is 1. The van der Waals surface area contributed by atoms with Crippen LogP contribution in [0.1, 0.15) is 42.5 Å². The molecule has 1 aliphatic carbocycles. The minimum Gasteiger partial charge on any atom is -0.399 e. The van der Waals surface area contributed by atoms with Crippen LogP contribution in [0.5, 0.6) is 0 Å². The molecular formula is C16H23N3O. The van der Waals surface area contributed by atoms with E-state index in [1.807, 2.05) is 12.1 Å². The van der Waals surface area contributed by atoms with Crippen LogP contribution in [0.3, 0.4) is 0 Å². The molecule has 108 valence electrons. The van der Waals surface area contributed by atoms with Crippen LogP contribution in [0.4, 0.5) is 5.69 Å². The standard InChI is InChI=1S/C16H23N3O/c17-13-5-3-4-12(10-13)16(20)18-14-8-9-19(11-14)15-6-1-2-7-15/h3-5,10,14-15H,1-2,6-9,11,17H2,(H,18,20). The molecule has 2 aliphatic rings. The second-order valence-corrected chi connectivity index (χ2v) is 6.02. The molecule has 1 amide bonds. The number of amides is 1. The number of nitrogens with two attached hydrogens (primary N) is 1. The van der Waals surface area contributed by atoms with Crippen LogP contribution in [-0.4, -0.2) is 36.0 Å². The van der Waals surface area contributed by atoms with Crippen LogP contribution in [0.25, 0.3) is 0 Å². The Bertz CT molecular complexity index is 482. The molecule has 1 aromatic carbocycles. The summed E-state index contributed by atoms with van der Waals surface area (Å²) < 4.78 is 0.